The molecular weight excluding hydrogens is 436 g/mol. The van der Waals surface area contributed by atoms with Crippen LogP contribution < -0.4 is 15.0 Å². The Kier molecular flexibility index (Phi) is 6.99. The van der Waals surface area contributed by atoms with Gasteiger partial charge in [0.1, 0.15) is 12.3 Å². The van der Waals surface area contributed by atoms with Crippen LogP contribution >= 0.6 is 0 Å². The first-order valence-corrected chi connectivity index (χ1v) is 12.5. The van der Waals surface area contributed by atoms with Gasteiger partial charge in [0.2, 0.25) is 15.9 Å². The van der Waals surface area contributed by atoms with Gasteiger partial charge in [0, 0.05) is 25.7 Å². The zero-order valence-electron chi connectivity index (χ0n) is 18.3. The van der Waals surface area contributed by atoms with Gasteiger partial charge < -0.3 is 14.8 Å². The van der Waals surface area contributed by atoms with E-state index in [4.69, 9.17) is 9.47 Å². The first-order chi connectivity index (χ1) is 15.4. The molecule has 0 radical (unpaired) electrons. The number of hydrogen-bond acceptors (Lipinski definition) is 7. The average Bonchev–Trinajstić information content (AvgIpc) is 3.27. The van der Waals surface area contributed by atoms with Crippen molar-refractivity contribution in [3.63, 3.8) is 0 Å². The minimum atomic E-state index is -3.74. The number of likely N-dealkylation sites (N-methyl/N-ethyl adjacent to an activating group) is 1. The van der Waals surface area contributed by atoms with Crippen LogP contribution in [0.25, 0.3) is 0 Å². The molecule has 0 aliphatic carbocycles. The molecule has 1 aromatic carbocycles. The summed E-state index contributed by atoms with van der Waals surface area (Å²) in [5.74, 6) is -0.286. The summed E-state index contributed by atoms with van der Waals surface area (Å²) in [4.78, 5) is 28.9. The number of amides is 2. The highest BCUT2D eigenvalue weighted by molar-refractivity contribution is 7.89. The van der Waals surface area contributed by atoms with E-state index in [0.717, 1.165) is 25.9 Å². The molecule has 32 heavy (non-hydrogen) atoms. The van der Waals surface area contributed by atoms with Gasteiger partial charge >= 0.3 is 0 Å². The zero-order chi connectivity index (χ0) is 22.7. The molecule has 176 valence electrons. The summed E-state index contributed by atoms with van der Waals surface area (Å²) in [6, 6.07) is 4.73. The van der Waals surface area contributed by atoms with Crippen molar-refractivity contribution in [1.82, 2.24) is 14.5 Å². The van der Waals surface area contributed by atoms with Crippen molar-refractivity contribution in [2.75, 3.05) is 64.0 Å². The van der Waals surface area contributed by atoms with E-state index in [0.29, 0.717) is 37.2 Å². The van der Waals surface area contributed by atoms with Gasteiger partial charge in [0.15, 0.2) is 6.61 Å². The standard InChI is InChI=1S/C21H30N4O6S/c1-2-23-7-3-4-16(23)13-22-20(26)14-25-18-12-17(5-6-19(18)31-15-21(25)27)32(28,29)24-8-10-30-11-9-24/h5-6,12,16H,2-4,7-11,13-15H2,1H3,(H,22,26)/t16-/m0/s1. The Bertz CT molecular complexity index is 963. The van der Waals surface area contributed by atoms with E-state index in [2.05, 4.69) is 17.1 Å². The van der Waals surface area contributed by atoms with Crippen molar-refractivity contribution in [1.29, 1.82) is 0 Å². The van der Waals surface area contributed by atoms with Gasteiger partial charge in [-0.05, 0) is 44.1 Å². The molecule has 0 bridgehead atoms. The van der Waals surface area contributed by atoms with Gasteiger partial charge in [0.25, 0.3) is 5.91 Å². The molecule has 2 saturated heterocycles. The number of sulfonamides is 1. The lowest BCUT2D eigenvalue weighted by Gasteiger charge is -2.31. The number of fused-ring (bicyclic) bond motifs is 1. The van der Waals surface area contributed by atoms with Crippen LogP contribution in [0.15, 0.2) is 23.1 Å². The van der Waals surface area contributed by atoms with Gasteiger partial charge in [0.05, 0.1) is 23.8 Å². The normalized spacial score (nSPS) is 22.5. The number of carbonyl (C=O) groups is 2. The Morgan fingerprint density at radius 1 is 1.22 bits per heavy atom. The fourth-order valence-electron chi connectivity index (χ4n) is 4.43. The Labute approximate surface area is 188 Å². The van der Waals surface area contributed by atoms with E-state index in [1.54, 1.807) is 0 Å². The summed E-state index contributed by atoms with van der Waals surface area (Å²) in [6.45, 7) is 5.46. The third kappa shape index (κ3) is 4.75. The lowest BCUT2D eigenvalue weighted by atomic mass is 10.2. The largest absolute Gasteiger partial charge is 0.482 e. The second-order valence-corrected chi connectivity index (χ2v) is 10.1. The van der Waals surface area contributed by atoms with Crippen LogP contribution in [-0.2, 0) is 24.3 Å². The molecule has 0 aromatic heterocycles. The van der Waals surface area contributed by atoms with Crippen molar-refractivity contribution in [2.45, 2.75) is 30.7 Å². The minimum Gasteiger partial charge on any atom is -0.482 e. The SMILES string of the molecule is CCN1CCC[C@H]1CNC(=O)CN1C(=O)COc2ccc(S(=O)(=O)N3CCOCC3)cc21. The van der Waals surface area contributed by atoms with Crippen LogP contribution in [0.4, 0.5) is 5.69 Å². The molecule has 4 rings (SSSR count). The number of morpholine rings is 1. The van der Waals surface area contributed by atoms with Gasteiger partial charge in [-0.15, -0.1) is 0 Å². The number of benzene rings is 1. The number of ether oxygens (including phenoxy) is 2. The number of carbonyl (C=O) groups excluding carboxylic acids is 2. The summed E-state index contributed by atoms with van der Waals surface area (Å²) in [5.41, 5.74) is 0.293. The molecule has 1 N–H and O–H groups in total. The van der Waals surface area contributed by atoms with Crippen LogP contribution in [-0.4, -0.2) is 94.6 Å². The van der Waals surface area contributed by atoms with Gasteiger partial charge in [-0.3, -0.25) is 19.4 Å². The smallest absolute Gasteiger partial charge is 0.265 e. The summed E-state index contributed by atoms with van der Waals surface area (Å²) in [7, 11) is -3.74. The van der Waals surface area contributed by atoms with E-state index in [9.17, 15) is 18.0 Å². The number of nitrogens with zero attached hydrogens (tertiary/aromatic N) is 3. The van der Waals surface area contributed by atoms with Gasteiger partial charge in [-0.25, -0.2) is 8.42 Å². The van der Waals surface area contributed by atoms with Crippen molar-refractivity contribution < 1.29 is 27.5 Å². The van der Waals surface area contributed by atoms with Crippen molar-refractivity contribution in [3.05, 3.63) is 18.2 Å². The molecule has 3 aliphatic heterocycles. The predicted octanol–water partition coefficient (Wildman–Crippen LogP) is 0.0334. The third-order valence-corrected chi connectivity index (χ3v) is 8.12. The maximum atomic E-state index is 13.0. The van der Waals surface area contributed by atoms with Crippen molar-refractivity contribution in [3.8, 4) is 5.75 Å². The van der Waals surface area contributed by atoms with Crippen LogP contribution in [0.5, 0.6) is 5.75 Å². The molecule has 0 unspecified atom stereocenters. The van der Waals surface area contributed by atoms with Crippen molar-refractivity contribution >= 4 is 27.5 Å². The monoisotopic (exact) mass is 466 g/mol. The summed E-state index contributed by atoms with van der Waals surface area (Å²) < 4.78 is 38.1. The highest BCUT2D eigenvalue weighted by Gasteiger charge is 2.32. The van der Waals surface area contributed by atoms with Gasteiger partial charge in [-0.1, -0.05) is 6.92 Å². The molecule has 10 nitrogen and oxygen atoms in total. The lowest BCUT2D eigenvalue weighted by molar-refractivity contribution is -0.125. The second-order valence-electron chi connectivity index (χ2n) is 8.14. The molecular formula is C21H30N4O6S. The summed E-state index contributed by atoms with van der Waals surface area (Å²) >= 11 is 0. The first-order valence-electron chi connectivity index (χ1n) is 11.1. The number of hydrogen-bond donors (Lipinski definition) is 1. The highest BCUT2D eigenvalue weighted by atomic mass is 32.2. The Balaban J connectivity index is 1.49. The number of anilines is 1. The van der Waals surface area contributed by atoms with Crippen LogP contribution in [0.1, 0.15) is 19.8 Å². The molecule has 11 heteroatoms. The second kappa shape index (κ2) is 9.74. The zero-order valence-corrected chi connectivity index (χ0v) is 19.1. The highest BCUT2D eigenvalue weighted by Crippen LogP contribution is 2.35. The molecule has 1 atom stereocenters. The summed E-state index contributed by atoms with van der Waals surface area (Å²) in [5, 5.41) is 2.93. The Hall–Kier alpha value is -2.21. The van der Waals surface area contributed by atoms with E-state index in [1.165, 1.54) is 27.4 Å². The molecule has 2 fully saturated rings. The van der Waals surface area contributed by atoms with Gasteiger partial charge in [-0.2, -0.15) is 4.31 Å². The van der Waals surface area contributed by atoms with E-state index >= 15 is 0 Å². The lowest BCUT2D eigenvalue weighted by Crippen LogP contribution is -2.47. The topological polar surface area (TPSA) is 108 Å². The molecule has 0 spiro atoms. The maximum absolute atomic E-state index is 13.0. The molecule has 0 saturated carbocycles. The fraction of sp³-hybridized carbons (Fsp3) is 0.619. The average molecular weight is 467 g/mol. The summed E-state index contributed by atoms with van der Waals surface area (Å²) in [6.07, 6.45) is 2.15. The van der Waals surface area contributed by atoms with E-state index in [-0.39, 0.29) is 43.0 Å². The quantitative estimate of drug-likeness (QED) is 0.604. The van der Waals surface area contributed by atoms with Crippen LogP contribution in [0.2, 0.25) is 0 Å². The maximum Gasteiger partial charge on any atom is 0.265 e. The van der Waals surface area contributed by atoms with Crippen LogP contribution in [0, 0.1) is 0 Å². The minimum absolute atomic E-state index is 0.0615. The fourth-order valence-corrected chi connectivity index (χ4v) is 5.85. The number of likely N-dealkylation sites (tertiary alicyclic amines) is 1. The van der Waals surface area contributed by atoms with Crippen molar-refractivity contribution in [2.24, 2.45) is 0 Å². The van der Waals surface area contributed by atoms with E-state index < -0.39 is 10.0 Å². The Morgan fingerprint density at radius 2 is 2.00 bits per heavy atom. The van der Waals surface area contributed by atoms with Crippen LogP contribution in [0.3, 0.4) is 0 Å². The predicted molar refractivity (Wildman–Crippen MR) is 117 cm³/mol. The molecule has 1 aromatic rings. The number of nitrogens with one attached hydrogen (secondary N) is 1. The Morgan fingerprint density at radius 3 is 2.75 bits per heavy atom. The molecule has 3 aliphatic rings. The number of rotatable bonds is 7. The molecule has 3 heterocycles. The third-order valence-electron chi connectivity index (χ3n) is 6.22. The van der Waals surface area contributed by atoms with E-state index in [1.807, 2.05) is 0 Å². The first kappa shape index (κ1) is 23.0. The molecule has 2 amide bonds.